The van der Waals surface area contributed by atoms with Gasteiger partial charge < -0.3 is 20.7 Å². The fourth-order valence-corrected chi connectivity index (χ4v) is 0.496. The Labute approximate surface area is 58.4 Å². The first-order valence-corrected chi connectivity index (χ1v) is 2.88. The van der Waals surface area contributed by atoms with Gasteiger partial charge in [0.15, 0.2) is 0 Å². The lowest BCUT2D eigenvalue weighted by atomic mass is 10.3. The molecule has 0 unspecified atom stereocenters. The number of carbonyl (C=O) groups is 1. The Morgan fingerprint density at radius 1 is 1.60 bits per heavy atom. The second-order valence-electron chi connectivity index (χ2n) is 1.75. The Balaban J connectivity index is 3.49. The third-order valence-electron chi connectivity index (χ3n) is 0.938. The minimum atomic E-state index is -0.937. The van der Waals surface area contributed by atoms with Gasteiger partial charge in [-0.1, -0.05) is 0 Å². The molecular formula is C5H11NO4. The fraction of sp³-hybridized carbons (Fsp3) is 0.800. The molecule has 10 heavy (non-hydrogen) atoms. The second-order valence-corrected chi connectivity index (χ2v) is 1.75. The van der Waals surface area contributed by atoms with Crippen molar-refractivity contribution in [3.63, 3.8) is 0 Å². The second kappa shape index (κ2) is 5.01. The number of ether oxygens (including phenoxy) is 1. The van der Waals surface area contributed by atoms with E-state index in [0.717, 1.165) is 0 Å². The maximum atomic E-state index is 10.1. The van der Waals surface area contributed by atoms with Crippen molar-refractivity contribution in [2.75, 3.05) is 13.2 Å². The molecule has 0 aliphatic carbocycles. The largest absolute Gasteiger partial charge is 0.444 e. The lowest BCUT2D eigenvalue weighted by molar-refractivity contribution is 0.0479. The highest BCUT2D eigenvalue weighted by molar-refractivity contribution is 5.64. The summed E-state index contributed by atoms with van der Waals surface area (Å²) in [5.41, 5.74) is 4.65. The summed E-state index contributed by atoms with van der Waals surface area (Å²) in [5.74, 6) is 0. The van der Waals surface area contributed by atoms with Crippen molar-refractivity contribution < 1.29 is 19.7 Å². The van der Waals surface area contributed by atoms with Gasteiger partial charge in [0.05, 0.1) is 6.61 Å². The molecule has 0 saturated carbocycles. The number of carbonyl (C=O) groups excluding carboxylic acids is 1. The van der Waals surface area contributed by atoms with Crippen molar-refractivity contribution in [3.8, 4) is 0 Å². The van der Waals surface area contributed by atoms with Crippen LogP contribution in [0.15, 0.2) is 0 Å². The molecule has 5 heteroatoms. The number of rotatable bonds is 4. The summed E-state index contributed by atoms with van der Waals surface area (Å²) in [6.07, 6.45) is -1.41. The standard InChI is InChI=1S/C5H11NO4/c6-5(9)10-4(3-8)1-2-7/h4,7-8H,1-3H2,(H2,6,9)/t4-/m0/s1. The number of hydrogen-bond acceptors (Lipinski definition) is 4. The van der Waals surface area contributed by atoms with E-state index in [4.69, 9.17) is 10.2 Å². The van der Waals surface area contributed by atoms with Gasteiger partial charge in [0.1, 0.15) is 6.10 Å². The molecule has 4 N–H and O–H groups in total. The van der Waals surface area contributed by atoms with Crippen LogP contribution in [0.5, 0.6) is 0 Å². The zero-order chi connectivity index (χ0) is 7.98. The summed E-state index contributed by atoms with van der Waals surface area (Å²) < 4.78 is 4.37. The molecule has 0 aromatic rings. The Bertz CT molecular complexity index is 106. The maximum Gasteiger partial charge on any atom is 0.404 e. The van der Waals surface area contributed by atoms with E-state index in [0.29, 0.717) is 0 Å². The van der Waals surface area contributed by atoms with Gasteiger partial charge in [-0.2, -0.15) is 0 Å². The van der Waals surface area contributed by atoms with Crippen LogP contribution < -0.4 is 5.73 Å². The van der Waals surface area contributed by atoms with Crippen LogP contribution >= 0.6 is 0 Å². The van der Waals surface area contributed by atoms with Gasteiger partial charge in [-0.05, 0) is 0 Å². The van der Waals surface area contributed by atoms with Crippen LogP contribution in [0.3, 0.4) is 0 Å². The van der Waals surface area contributed by atoms with Gasteiger partial charge in [-0.15, -0.1) is 0 Å². The third-order valence-corrected chi connectivity index (χ3v) is 0.938. The first kappa shape index (κ1) is 9.19. The van der Waals surface area contributed by atoms with Crippen molar-refractivity contribution in [2.24, 2.45) is 5.73 Å². The number of hydrogen-bond donors (Lipinski definition) is 3. The van der Waals surface area contributed by atoms with Crippen LogP contribution in [0, 0.1) is 0 Å². The highest BCUT2D eigenvalue weighted by atomic mass is 16.6. The van der Waals surface area contributed by atoms with Gasteiger partial charge in [-0.3, -0.25) is 0 Å². The first-order valence-electron chi connectivity index (χ1n) is 2.88. The van der Waals surface area contributed by atoms with Gasteiger partial charge in [0.25, 0.3) is 0 Å². The maximum absolute atomic E-state index is 10.1. The van der Waals surface area contributed by atoms with E-state index < -0.39 is 12.2 Å². The van der Waals surface area contributed by atoms with Crippen molar-refractivity contribution >= 4 is 6.09 Å². The quantitative estimate of drug-likeness (QED) is 0.469. The minimum absolute atomic E-state index is 0.140. The lowest BCUT2D eigenvalue weighted by Gasteiger charge is -2.11. The van der Waals surface area contributed by atoms with Crippen molar-refractivity contribution in [3.05, 3.63) is 0 Å². The average Bonchev–Trinajstić information content (AvgIpc) is 1.86. The molecule has 5 nitrogen and oxygen atoms in total. The lowest BCUT2D eigenvalue weighted by Crippen LogP contribution is -2.26. The van der Waals surface area contributed by atoms with Crippen molar-refractivity contribution in [1.29, 1.82) is 0 Å². The Morgan fingerprint density at radius 2 is 2.20 bits per heavy atom. The van der Waals surface area contributed by atoms with Gasteiger partial charge >= 0.3 is 6.09 Å². The van der Waals surface area contributed by atoms with E-state index in [1.54, 1.807) is 0 Å². The molecule has 1 amide bonds. The third kappa shape index (κ3) is 4.11. The highest BCUT2D eigenvalue weighted by Gasteiger charge is 2.08. The summed E-state index contributed by atoms with van der Waals surface area (Å²) in [4.78, 5) is 10.1. The zero-order valence-electron chi connectivity index (χ0n) is 5.49. The number of nitrogens with two attached hydrogens (primary N) is 1. The van der Waals surface area contributed by atoms with E-state index in [1.165, 1.54) is 0 Å². The minimum Gasteiger partial charge on any atom is -0.444 e. The van der Waals surface area contributed by atoms with Crippen molar-refractivity contribution in [2.45, 2.75) is 12.5 Å². The average molecular weight is 149 g/mol. The molecule has 0 aromatic carbocycles. The van der Waals surface area contributed by atoms with E-state index in [-0.39, 0.29) is 19.6 Å². The highest BCUT2D eigenvalue weighted by Crippen LogP contribution is 1.95. The fourth-order valence-electron chi connectivity index (χ4n) is 0.496. The van der Waals surface area contributed by atoms with E-state index in [1.807, 2.05) is 0 Å². The molecule has 0 rings (SSSR count). The Kier molecular flexibility index (Phi) is 4.61. The van der Waals surface area contributed by atoms with Crippen molar-refractivity contribution in [1.82, 2.24) is 0 Å². The van der Waals surface area contributed by atoms with E-state index >= 15 is 0 Å². The summed E-state index contributed by atoms with van der Waals surface area (Å²) in [6, 6.07) is 0. The predicted molar refractivity (Wildman–Crippen MR) is 33.2 cm³/mol. The van der Waals surface area contributed by atoms with Crippen LogP contribution in [0.1, 0.15) is 6.42 Å². The molecular weight excluding hydrogens is 138 g/mol. The predicted octanol–water partition coefficient (Wildman–Crippen LogP) is -1.18. The van der Waals surface area contributed by atoms with Crippen LogP contribution in [0.4, 0.5) is 4.79 Å². The first-order chi connectivity index (χ1) is 4.70. The molecule has 0 aromatic heterocycles. The monoisotopic (exact) mass is 149 g/mol. The Morgan fingerprint density at radius 3 is 2.50 bits per heavy atom. The number of amides is 1. The molecule has 0 spiro atoms. The summed E-state index contributed by atoms with van der Waals surface area (Å²) in [6.45, 7) is -0.456. The Hall–Kier alpha value is -0.810. The molecule has 0 aliphatic rings. The molecule has 0 aliphatic heterocycles. The van der Waals surface area contributed by atoms with Gasteiger partial charge in [0, 0.05) is 13.0 Å². The molecule has 0 saturated heterocycles. The molecule has 0 heterocycles. The smallest absolute Gasteiger partial charge is 0.404 e. The number of primary amides is 1. The molecule has 60 valence electrons. The number of aliphatic hydroxyl groups is 2. The SMILES string of the molecule is NC(=O)O[C@H](CO)CCO. The summed E-state index contributed by atoms with van der Waals surface area (Å²) in [7, 11) is 0. The van der Waals surface area contributed by atoms with Crippen LogP contribution in [-0.4, -0.2) is 35.6 Å². The molecule has 1 atom stereocenters. The zero-order valence-corrected chi connectivity index (χ0v) is 5.49. The van der Waals surface area contributed by atoms with Crippen LogP contribution in [-0.2, 0) is 4.74 Å². The van der Waals surface area contributed by atoms with E-state index in [9.17, 15) is 4.79 Å². The normalized spacial score (nSPS) is 12.6. The molecule has 0 bridgehead atoms. The molecule has 0 radical (unpaired) electrons. The summed E-state index contributed by atoms with van der Waals surface area (Å²) >= 11 is 0. The molecule has 0 fully saturated rings. The van der Waals surface area contributed by atoms with Crippen LogP contribution in [0.25, 0.3) is 0 Å². The topological polar surface area (TPSA) is 92.8 Å². The van der Waals surface area contributed by atoms with Gasteiger partial charge in [0.2, 0.25) is 0 Å². The van der Waals surface area contributed by atoms with E-state index in [2.05, 4.69) is 10.5 Å². The van der Waals surface area contributed by atoms with Gasteiger partial charge in [-0.25, -0.2) is 4.79 Å². The van der Waals surface area contributed by atoms with Crippen LogP contribution in [0.2, 0.25) is 0 Å². The summed E-state index contributed by atoms with van der Waals surface area (Å²) in [5, 5.41) is 16.8. The number of aliphatic hydroxyl groups excluding tert-OH is 2.